The van der Waals surface area contributed by atoms with E-state index in [1.165, 1.54) is 16.9 Å². The van der Waals surface area contributed by atoms with Crippen LogP contribution in [-0.2, 0) is 6.42 Å². The van der Waals surface area contributed by atoms with Crippen molar-refractivity contribution in [2.45, 2.75) is 26.7 Å². The number of halogens is 1. The predicted molar refractivity (Wildman–Crippen MR) is 76.0 cm³/mol. The average molecular weight is 286 g/mol. The summed E-state index contributed by atoms with van der Waals surface area (Å²) in [5.41, 5.74) is 1.45. The molecule has 0 aliphatic heterocycles. The number of ether oxygens (including phenoxy) is 1. The smallest absolute Gasteiger partial charge is 0.255 e. The first-order valence-corrected chi connectivity index (χ1v) is 6.81. The zero-order valence-corrected chi connectivity index (χ0v) is 11.9. The Hall–Kier alpha value is -2.50. The lowest BCUT2D eigenvalue weighted by atomic mass is 10.2. The van der Waals surface area contributed by atoms with Gasteiger partial charge in [-0.05, 0) is 25.0 Å². The molecule has 0 bridgehead atoms. The van der Waals surface area contributed by atoms with Crippen molar-refractivity contribution in [3.05, 3.63) is 47.7 Å². The molecule has 3 rings (SSSR count). The summed E-state index contributed by atoms with van der Waals surface area (Å²) in [5, 5.41) is 4.08. The van der Waals surface area contributed by atoms with Gasteiger partial charge in [-0.2, -0.15) is 14.6 Å². The van der Waals surface area contributed by atoms with Crippen molar-refractivity contribution in [1.29, 1.82) is 0 Å². The zero-order valence-electron chi connectivity index (χ0n) is 11.9. The van der Waals surface area contributed by atoms with Crippen molar-refractivity contribution in [3.63, 3.8) is 0 Å². The van der Waals surface area contributed by atoms with E-state index in [1.807, 2.05) is 6.07 Å². The van der Waals surface area contributed by atoms with E-state index in [9.17, 15) is 4.39 Å². The van der Waals surface area contributed by atoms with Crippen LogP contribution in [0.15, 0.2) is 30.6 Å². The summed E-state index contributed by atoms with van der Waals surface area (Å²) in [6.45, 7) is 3.78. The fourth-order valence-electron chi connectivity index (χ4n) is 2.05. The molecular formula is C15H15FN4O. The van der Waals surface area contributed by atoms with Gasteiger partial charge in [0, 0.05) is 17.8 Å². The molecule has 0 unspecified atom stereocenters. The maximum absolute atomic E-state index is 13.6. The fourth-order valence-corrected chi connectivity index (χ4v) is 2.05. The Balaban J connectivity index is 2.01. The molecule has 0 amide bonds. The summed E-state index contributed by atoms with van der Waals surface area (Å²) in [4.78, 5) is 8.48. The standard InChI is InChI=1S/C15H15FN4O/c1-3-4-11-7-14(20-15(19-11)17-9-18-20)21-12-6-5-10(2)13(16)8-12/h5-9H,3-4H2,1-2H3. The van der Waals surface area contributed by atoms with Gasteiger partial charge in [-0.1, -0.05) is 19.4 Å². The second-order valence-corrected chi connectivity index (χ2v) is 4.82. The molecule has 0 spiro atoms. The van der Waals surface area contributed by atoms with Gasteiger partial charge < -0.3 is 4.74 Å². The number of aromatic nitrogens is 4. The molecule has 0 radical (unpaired) electrons. The zero-order chi connectivity index (χ0) is 14.8. The topological polar surface area (TPSA) is 52.3 Å². The third-order valence-electron chi connectivity index (χ3n) is 3.14. The Morgan fingerprint density at radius 1 is 1.29 bits per heavy atom. The van der Waals surface area contributed by atoms with E-state index in [0.29, 0.717) is 23.0 Å². The highest BCUT2D eigenvalue weighted by Crippen LogP contribution is 2.24. The lowest BCUT2D eigenvalue weighted by molar-refractivity contribution is 0.440. The number of rotatable bonds is 4. The van der Waals surface area contributed by atoms with Crippen LogP contribution in [0.3, 0.4) is 0 Å². The van der Waals surface area contributed by atoms with Gasteiger partial charge in [0.2, 0.25) is 5.88 Å². The van der Waals surface area contributed by atoms with Crippen molar-refractivity contribution in [2.24, 2.45) is 0 Å². The van der Waals surface area contributed by atoms with Crippen LogP contribution in [0.5, 0.6) is 11.6 Å². The first kappa shape index (κ1) is 13.5. The number of benzene rings is 1. The van der Waals surface area contributed by atoms with Crippen LogP contribution in [0.2, 0.25) is 0 Å². The Kier molecular flexibility index (Phi) is 3.51. The lowest BCUT2D eigenvalue weighted by Crippen LogP contribution is -2.01. The fraction of sp³-hybridized carbons (Fsp3) is 0.267. The Morgan fingerprint density at radius 2 is 2.14 bits per heavy atom. The molecule has 0 saturated heterocycles. The van der Waals surface area contributed by atoms with Gasteiger partial charge in [0.05, 0.1) is 0 Å². The monoisotopic (exact) mass is 286 g/mol. The number of hydrogen-bond acceptors (Lipinski definition) is 4. The highest BCUT2D eigenvalue weighted by molar-refractivity contribution is 5.37. The number of nitrogens with zero attached hydrogens (tertiary/aromatic N) is 4. The van der Waals surface area contributed by atoms with E-state index in [2.05, 4.69) is 22.0 Å². The van der Waals surface area contributed by atoms with Crippen LogP contribution in [0, 0.1) is 12.7 Å². The highest BCUT2D eigenvalue weighted by Gasteiger charge is 2.10. The molecule has 1 aromatic carbocycles. The van der Waals surface area contributed by atoms with Gasteiger partial charge in [-0.25, -0.2) is 9.37 Å². The molecular weight excluding hydrogens is 271 g/mol. The van der Waals surface area contributed by atoms with Crippen molar-refractivity contribution < 1.29 is 9.13 Å². The van der Waals surface area contributed by atoms with Crippen LogP contribution in [0.1, 0.15) is 24.6 Å². The first-order valence-electron chi connectivity index (χ1n) is 6.81. The predicted octanol–water partition coefficient (Wildman–Crippen LogP) is 3.32. The molecule has 0 N–H and O–H groups in total. The van der Waals surface area contributed by atoms with Gasteiger partial charge in [-0.15, -0.1) is 0 Å². The second kappa shape index (κ2) is 5.47. The van der Waals surface area contributed by atoms with Crippen LogP contribution in [0.4, 0.5) is 4.39 Å². The normalized spacial score (nSPS) is 11.0. The summed E-state index contributed by atoms with van der Waals surface area (Å²) in [6.07, 6.45) is 3.21. The molecule has 108 valence electrons. The quantitative estimate of drug-likeness (QED) is 0.738. The molecule has 6 heteroatoms. The minimum atomic E-state index is -0.301. The molecule has 0 fully saturated rings. The van der Waals surface area contributed by atoms with Crippen LogP contribution < -0.4 is 4.74 Å². The molecule has 0 aliphatic carbocycles. The Labute approximate surface area is 121 Å². The summed E-state index contributed by atoms with van der Waals surface area (Å²) < 4.78 is 20.9. The Morgan fingerprint density at radius 3 is 2.90 bits per heavy atom. The van der Waals surface area contributed by atoms with Crippen LogP contribution >= 0.6 is 0 Å². The average Bonchev–Trinajstić information content (AvgIpc) is 2.92. The maximum atomic E-state index is 13.6. The molecule has 21 heavy (non-hydrogen) atoms. The van der Waals surface area contributed by atoms with E-state index in [-0.39, 0.29) is 5.82 Å². The SMILES string of the molecule is CCCc1cc(Oc2ccc(C)c(F)c2)n2ncnc2n1. The molecule has 2 aromatic heterocycles. The summed E-state index contributed by atoms with van der Waals surface area (Å²) >= 11 is 0. The third kappa shape index (κ3) is 2.69. The largest absolute Gasteiger partial charge is 0.439 e. The van der Waals surface area contributed by atoms with Crippen molar-refractivity contribution in [2.75, 3.05) is 0 Å². The number of aryl methyl sites for hydroxylation is 2. The Bertz CT molecular complexity index is 784. The van der Waals surface area contributed by atoms with Crippen LogP contribution in [0.25, 0.3) is 5.78 Å². The number of hydrogen-bond donors (Lipinski definition) is 0. The molecule has 2 heterocycles. The second-order valence-electron chi connectivity index (χ2n) is 4.82. The lowest BCUT2D eigenvalue weighted by Gasteiger charge is -2.09. The van der Waals surface area contributed by atoms with Gasteiger partial charge in [0.1, 0.15) is 17.9 Å². The third-order valence-corrected chi connectivity index (χ3v) is 3.14. The van der Waals surface area contributed by atoms with Gasteiger partial charge in [0.25, 0.3) is 5.78 Å². The van der Waals surface area contributed by atoms with Crippen molar-refractivity contribution in [3.8, 4) is 11.6 Å². The van der Waals surface area contributed by atoms with E-state index in [4.69, 9.17) is 4.74 Å². The minimum Gasteiger partial charge on any atom is -0.439 e. The van der Waals surface area contributed by atoms with E-state index >= 15 is 0 Å². The summed E-state index contributed by atoms with van der Waals surface area (Å²) in [5.74, 6) is 1.07. The molecule has 5 nitrogen and oxygen atoms in total. The molecule has 3 aromatic rings. The molecule has 0 atom stereocenters. The van der Waals surface area contributed by atoms with Gasteiger partial charge in [-0.3, -0.25) is 0 Å². The summed E-state index contributed by atoms with van der Waals surface area (Å²) in [7, 11) is 0. The van der Waals surface area contributed by atoms with Gasteiger partial charge >= 0.3 is 0 Å². The van der Waals surface area contributed by atoms with E-state index in [1.54, 1.807) is 19.1 Å². The maximum Gasteiger partial charge on any atom is 0.255 e. The molecule has 0 saturated carbocycles. The number of fused-ring (bicyclic) bond motifs is 1. The van der Waals surface area contributed by atoms with E-state index in [0.717, 1.165) is 18.5 Å². The summed E-state index contributed by atoms with van der Waals surface area (Å²) in [6, 6.07) is 6.57. The van der Waals surface area contributed by atoms with Crippen LogP contribution in [-0.4, -0.2) is 19.6 Å². The molecule has 0 aliphatic rings. The highest BCUT2D eigenvalue weighted by atomic mass is 19.1. The van der Waals surface area contributed by atoms with Crippen molar-refractivity contribution >= 4 is 5.78 Å². The van der Waals surface area contributed by atoms with Crippen molar-refractivity contribution in [1.82, 2.24) is 19.6 Å². The van der Waals surface area contributed by atoms with E-state index < -0.39 is 0 Å². The van der Waals surface area contributed by atoms with Gasteiger partial charge in [0.15, 0.2) is 0 Å². The first-order chi connectivity index (χ1) is 10.2. The minimum absolute atomic E-state index is 0.301.